The molecule has 1 aromatic carbocycles. The number of benzene rings is 1. The molecular formula is C8H7N3O3. The monoisotopic (exact) mass is 193 g/mol. The molecule has 0 atom stereocenters. The highest BCUT2D eigenvalue weighted by Crippen LogP contribution is 2.27. The average Bonchev–Trinajstić information content (AvgIpc) is 2.11. The maximum absolute atomic E-state index is 10.6. The van der Waals surface area contributed by atoms with E-state index in [9.17, 15) is 9.90 Å². The molecule has 72 valence electrons. The number of nitrogens with zero attached hydrogens (tertiary/aromatic N) is 3. The summed E-state index contributed by atoms with van der Waals surface area (Å²) in [5.74, 6) is -1.57. The second kappa shape index (κ2) is 3.68. The largest absolute Gasteiger partial charge is 0.507 e. The van der Waals surface area contributed by atoms with Gasteiger partial charge in [-0.15, -0.1) is 0 Å². The summed E-state index contributed by atoms with van der Waals surface area (Å²) in [6.45, 7) is 1.53. The van der Waals surface area contributed by atoms with E-state index in [1.165, 1.54) is 13.0 Å². The summed E-state index contributed by atoms with van der Waals surface area (Å²) in [5, 5.41) is 21.3. The van der Waals surface area contributed by atoms with Crippen LogP contribution in [0.4, 0.5) is 5.69 Å². The van der Waals surface area contributed by atoms with Crippen molar-refractivity contribution in [3.05, 3.63) is 33.7 Å². The van der Waals surface area contributed by atoms with Gasteiger partial charge in [0.1, 0.15) is 11.3 Å². The summed E-state index contributed by atoms with van der Waals surface area (Å²) >= 11 is 0. The molecule has 0 heterocycles. The van der Waals surface area contributed by atoms with Gasteiger partial charge in [-0.1, -0.05) is 5.11 Å². The maximum atomic E-state index is 10.6. The van der Waals surface area contributed by atoms with Crippen molar-refractivity contribution >= 4 is 11.7 Å². The standard InChI is InChI=1S/C8H7N3O3/c1-4-2-5(10-11-9)3-6(7(4)12)8(13)14/h2-3,12H,1H3,(H,13,14). The Balaban J connectivity index is 3.42. The van der Waals surface area contributed by atoms with Crippen LogP contribution in [0.15, 0.2) is 17.2 Å². The minimum absolute atomic E-state index is 0.167. The van der Waals surface area contributed by atoms with Crippen molar-refractivity contribution < 1.29 is 15.0 Å². The van der Waals surface area contributed by atoms with Gasteiger partial charge >= 0.3 is 5.97 Å². The number of hydrogen-bond donors (Lipinski definition) is 2. The Morgan fingerprint density at radius 3 is 2.71 bits per heavy atom. The Morgan fingerprint density at radius 1 is 1.57 bits per heavy atom. The number of aromatic hydroxyl groups is 1. The van der Waals surface area contributed by atoms with Crippen molar-refractivity contribution in [3.8, 4) is 5.75 Å². The van der Waals surface area contributed by atoms with Gasteiger partial charge in [0.05, 0.1) is 0 Å². The van der Waals surface area contributed by atoms with Crippen molar-refractivity contribution in [2.24, 2.45) is 5.11 Å². The second-order valence-electron chi connectivity index (χ2n) is 2.65. The maximum Gasteiger partial charge on any atom is 0.339 e. The quantitative estimate of drug-likeness (QED) is 0.427. The lowest BCUT2D eigenvalue weighted by molar-refractivity contribution is 0.0693. The molecular weight excluding hydrogens is 186 g/mol. The first-order valence-electron chi connectivity index (χ1n) is 3.68. The van der Waals surface area contributed by atoms with Gasteiger partial charge in [0.15, 0.2) is 0 Å². The topological polar surface area (TPSA) is 106 Å². The molecule has 1 aromatic rings. The van der Waals surface area contributed by atoms with Crippen LogP contribution in [-0.4, -0.2) is 16.2 Å². The first kappa shape index (κ1) is 9.88. The Bertz CT molecular complexity index is 436. The van der Waals surface area contributed by atoms with Gasteiger partial charge in [0.2, 0.25) is 0 Å². The highest BCUT2D eigenvalue weighted by atomic mass is 16.4. The van der Waals surface area contributed by atoms with Crippen LogP contribution in [0.25, 0.3) is 10.4 Å². The van der Waals surface area contributed by atoms with Gasteiger partial charge in [-0.2, -0.15) is 0 Å². The van der Waals surface area contributed by atoms with Crippen molar-refractivity contribution in [1.82, 2.24) is 0 Å². The molecule has 0 fully saturated rings. The summed E-state index contributed by atoms with van der Waals surface area (Å²) in [6.07, 6.45) is 0. The molecule has 0 bridgehead atoms. The minimum atomic E-state index is -1.26. The van der Waals surface area contributed by atoms with Gasteiger partial charge in [-0.25, -0.2) is 4.79 Å². The molecule has 0 unspecified atom stereocenters. The summed E-state index contributed by atoms with van der Waals surface area (Å²) in [5.41, 5.74) is 8.41. The van der Waals surface area contributed by atoms with Crippen molar-refractivity contribution in [2.45, 2.75) is 6.92 Å². The van der Waals surface area contributed by atoms with Crippen molar-refractivity contribution in [2.75, 3.05) is 0 Å². The Morgan fingerprint density at radius 2 is 2.21 bits per heavy atom. The molecule has 0 aliphatic rings. The Labute approximate surface area is 79.0 Å². The first-order chi connectivity index (χ1) is 6.56. The van der Waals surface area contributed by atoms with Crippen LogP contribution in [0.2, 0.25) is 0 Å². The third-order valence-corrected chi connectivity index (χ3v) is 1.68. The molecule has 0 aromatic heterocycles. The van der Waals surface area contributed by atoms with E-state index in [-0.39, 0.29) is 17.0 Å². The van der Waals surface area contributed by atoms with E-state index >= 15 is 0 Å². The normalized spacial score (nSPS) is 9.21. The van der Waals surface area contributed by atoms with Crippen molar-refractivity contribution in [3.63, 3.8) is 0 Å². The fourth-order valence-corrected chi connectivity index (χ4v) is 1.03. The number of carbonyl (C=O) groups is 1. The molecule has 2 N–H and O–H groups in total. The predicted octanol–water partition coefficient (Wildman–Crippen LogP) is 2.34. The molecule has 0 aliphatic carbocycles. The zero-order valence-electron chi connectivity index (χ0n) is 7.30. The number of aromatic carboxylic acids is 1. The van der Waals surface area contributed by atoms with Crippen LogP contribution >= 0.6 is 0 Å². The van der Waals surface area contributed by atoms with E-state index in [4.69, 9.17) is 10.6 Å². The fraction of sp³-hybridized carbons (Fsp3) is 0.125. The van der Waals surface area contributed by atoms with Crippen LogP contribution in [0.3, 0.4) is 0 Å². The van der Waals surface area contributed by atoms with Gasteiger partial charge in [0.25, 0.3) is 0 Å². The first-order valence-corrected chi connectivity index (χ1v) is 3.68. The number of hydrogen-bond acceptors (Lipinski definition) is 3. The van der Waals surface area contributed by atoms with E-state index in [1.54, 1.807) is 0 Å². The SMILES string of the molecule is Cc1cc(N=[N+]=[N-])cc(C(=O)O)c1O. The molecule has 0 spiro atoms. The minimum Gasteiger partial charge on any atom is -0.507 e. The van der Waals surface area contributed by atoms with E-state index in [0.29, 0.717) is 5.56 Å². The van der Waals surface area contributed by atoms with Gasteiger partial charge in [-0.05, 0) is 30.2 Å². The molecule has 6 heteroatoms. The fourth-order valence-electron chi connectivity index (χ4n) is 1.03. The van der Waals surface area contributed by atoms with E-state index in [2.05, 4.69) is 10.0 Å². The van der Waals surface area contributed by atoms with Gasteiger partial charge in [0, 0.05) is 10.6 Å². The molecule has 14 heavy (non-hydrogen) atoms. The number of rotatable bonds is 2. The molecule has 6 nitrogen and oxygen atoms in total. The number of carboxylic acids is 1. The molecule has 1 rings (SSSR count). The third kappa shape index (κ3) is 1.75. The molecule has 0 aliphatic heterocycles. The van der Waals surface area contributed by atoms with E-state index in [1.807, 2.05) is 0 Å². The van der Waals surface area contributed by atoms with Crippen LogP contribution in [0, 0.1) is 6.92 Å². The lowest BCUT2D eigenvalue weighted by Gasteiger charge is -2.03. The van der Waals surface area contributed by atoms with Gasteiger partial charge < -0.3 is 10.2 Å². The van der Waals surface area contributed by atoms with E-state index < -0.39 is 5.97 Å². The smallest absolute Gasteiger partial charge is 0.339 e. The van der Waals surface area contributed by atoms with Crippen LogP contribution < -0.4 is 0 Å². The van der Waals surface area contributed by atoms with Crippen LogP contribution in [0.5, 0.6) is 5.75 Å². The van der Waals surface area contributed by atoms with E-state index in [0.717, 1.165) is 6.07 Å². The molecule has 0 saturated heterocycles. The summed E-state index contributed by atoms with van der Waals surface area (Å²) in [7, 11) is 0. The lowest BCUT2D eigenvalue weighted by Crippen LogP contribution is -1.97. The average molecular weight is 193 g/mol. The zero-order chi connectivity index (χ0) is 10.7. The van der Waals surface area contributed by atoms with Crippen molar-refractivity contribution in [1.29, 1.82) is 0 Å². The number of aryl methyl sites for hydroxylation is 1. The predicted molar refractivity (Wildman–Crippen MR) is 48.6 cm³/mol. The number of azide groups is 1. The highest BCUT2D eigenvalue weighted by molar-refractivity contribution is 5.92. The Hall–Kier alpha value is -2.20. The number of carboxylic acid groups (broad SMARTS) is 1. The molecule has 0 amide bonds. The third-order valence-electron chi connectivity index (χ3n) is 1.68. The summed E-state index contributed by atoms with van der Waals surface area (Å²) in [4.78, 5) is 13.2. The highest BCUT2D eigenvalue weighted by Gasteiger charge is 2.12. The zero-order valence-corrected chi connectivity index (χ0v) is 7.30. The van der Waals surface area contributed by atoms with Gasteiger partial charge in [-0.3, -0.25) is 0 Å². The summed E-state index contributed by atoms with van der Waals surface area (Å²) < 4.78 is 0. The Kier molecular flexibility index (Phi) is 2.59. The summed E-state index contributed by atoms with van der Waals surface area (Å²) in [6, 6.07) is 2.52. The molecule has 0 radical (unpaired) electrons. The number of phenols is 1. The second-order valence-corrected chi connectivity index (χ2v) is 2.65. The molecule has 0 saturated carbocycles. The van der Waals surface area contributed by atoms with Crippen LogP contribution in [0.1, 0.15) is 15.9 Å². The lowest BCUT2D eigenvalue weighted by atomic mass is 10.1. The van der Waals surface area contributed by atoms with Crippen LogP contribution in [-0.2, 0) is 0 Å².